The maximum atomic E-state index is 12.6. The van der Waals surface area contributed by atoms with Crippen LogP contribution in [0.5, 0.6) is 0 Å². The highest BCUT2D eigenvalue weighted by atomic mass is 16.5. The van der Waals surface area contributed by atoms with E-state index in [1.807, 2.05) is 30.3 Å². The van der Waals surface area contributed by atoms with Crippen molar-refractivity contribution >= 4 is 11.9 Å². The molecule has 1 amide bonds. The average molecular weight is 315 g/mol. The van der Waals surface area contributed by atoms with Crippen LogP contribution in [0.15, 0.2) is 36.4 Å². The number of aromatic nitrogens is 2. The van der Waals surface area contributed by atoms with Gasteiger partial charge in [-0.25, -0.2) is 4.79 Å². The molecule has 7 nitrogen and oxygen atoms in total. The summed E-state index contributed by atoms with van der Waals surface area (Å²) in [4.78, 5) is 25.3. The minimum absolute atomic E-state index is 0.256. The molecule has 0 radical (unpaired) electrons. The second kappa shape index (κ2) is 6.21. The molecule has 1 fully saturated rings. The number of hydrogen-bond acceptors (Lipinski definition) is 4. The van der Waals surface area contributed by atoms with E-state index in [1.54, 1.807) is 6.07 Å². The third-order valence-electron chi connectivity index (χ3n) is 4.02. The Morgan fingerprint density at radius 2 is 2.09 bits per heavy atom. The second-order valence-electron chi connectivity index (χ2n) is 5.44. The lowest BCUT2D eigenvalue weighted by Crippen LogP contribution is -2.40. The van der Waals surface area contributed by atoms with Gasteiger partial charge in [0.1, 0.15) is 11.7 Å². The first kappa shape index (κ1) is 15.2. The van der Waals surface area contributed by atoms with Gasteiger partial charge in [-0.3, -0.25) is 9.89 Å². The Hall–Kier alpha value is -2.67. The molecule has 2 heterocycles. The number of ether oxygens (including phenoxy) is 1. The van der Waals surface area contributed by atoms with Crippen molar-refractivity contribution in [2.24, 2.45) is 0 Å². The zero-order valence-electron chi connectivity index (χ0n) is 12.6. The van der Waals surface area contributed by atoms with E-state index in [4.69, 9.17) is 4.74 Å². The summed E-state index contributed by atoms with van der Waals surface area (Å²) < 4.78 is 5.20. The van der Waals surface area contributed by atoms with Crippen LogP contribution in [0, 0.1) is 0 Å². The van der Waals surface area contributed by atoms with E-state index < -0.39 is 12.0 Å². The summed E-state index contributed by atoms with van der Waals surface area (Å²) in [6, 6.07) is 10.2. The number of carboxylic acid groups (broad SMARTS) is 1. The SMILES string of the molecule is COC1CC(C(=O)O)N(C(=O)c2cc(-c3ccccc3)n[nH]2)C1. The Labute approximate surface area is 132 Å². The zero-order valence-corrected chi connectivity index (χ0v) is 12.6. The largest absolute Gasteiger partial charge is 0.480 e. The molecule has 1 aliphatic heterocycles. The van der Waals surface area contributed by atoms with Gasteiger partial charge < -0.3 is 14.7 Å². The van der Waals surface area contributed by atoms with Crippen molar-refractivity contribution in [2.75, 3.05) is 13.7 Å². The van der Waals surface area contributed by atoms with Gasteiger partial charge >= 0.3 is 5.97 Å². The number of aliphatic carboxylic acids is 1. The number of carbonyl (C=O) groups is 2. The number of aromatic amines is 1. The minimum atomic E-state index is -1.03. The molecule has 0 aliphatic carbocycles. The number of H-pyrrole nitrogens is 1. The molecular formula is C16H17N3O4. The molecule has 2 atom stereocenters. The molecule has 0 saturated carbocycles. The van der Waals surface area contributed by atoms with Crippen LogP contribution in [0.3, 0.4) is 0 Å². The summed E-state index contributed by atoms with van der Waals surface area (Å²) in [5, 5.41) is 16.1. The maximum absolute atomic E-state index is 12.6. The number of nitrogens with zero attached hydrogens (tertiary/aromatic N) is 2. The lowest BCUT2D eigenvalue weighted by molar-refractivity contribution is -0.141. The molecule has 0 spiro atoms. The Morgan fingerprint density at radius 1 is 1.35 bits per heavy atom. The van der Waals surface area contributed by atoms with Gasteiger partial charge in [-0.05, 0) is 6.07 Å². The van der Waals surface area contributed by atoms with Gasteiger partial charge in [-0.15, -0.1) is 0 Å². The van der Waals surface area contributed by atoms with E-state index >= 15 is 0 Å². The smallest absolute Gasteiger partial charge is 0.326 e. The summed E-state index contributed by atoms with van der Waals surface area (Å²) >= 11 is 0. The van der Waals surface area contributed by atoms with Crippen LogP contribution in [0.1, 0.15) is 16.9 Å². The van der Waals surface area contributed by atoms with Crippen molar-refractivity contribution in [1.82, 2.24) is 15.1 Å². The molecule has 2 unspecified atom stereocenters. The predicted octanol–water partition coefficient (Wildman–Crippen LogP) is 1.39. The number of hydrogen-bond donors (Lipinski definition) is 2. The van der Waals surface area contributed by atoms with Gasteiger partial charge in [0.05, 0.1) is 11.8 Å². The van der Waals surface area contributed by atoms with Crippen molar-refractivity contribution in [1.29, 1.82) is 0 Å². The summed E-state index contributed by atoms with van der Waals surface area (Å²) in [5.41, 5.74) is 1.80. The highest BCUT2D eigenvalue weighted by molar-refractivity contribution is 5.96. The van der Waals surface area contributed by atoms with Crippen molar-refractivity contribution in [3.63, 3.8) is 0 Å². The Balaban J connectivity index is 1.83. The molecule has 0 bridgehead atoms. The molecule has 2 aromatic rings. The number of amides is 1. The van der Waals surface area contributed by atoms with Crippen LogP contribution in [0.2, 0.25) is 0 Å². The molecule has 120 valence electrons. The van der Waals surface area contributed by atoms with E-state index in [9.17, 15) is 14.7 Å². The van der Waals surface area contributed by atoms with Crippen LogP contribution in [0.4, 0.5) is 0 Å². The van der Waals surface area contributed by atoms with E-state index in [0.717, 1.165) is 5.56 Å². The van der Waals surface area contributed by atoms with Crippen molar-refractivity contribution in [3.8, 4) is 11.3 Å². The van der Waals surface area contributed by atoms with Crippen LogP contribution in [0.25, 0.3) is 11.3 Å². The normalized spacial score (nSPS) is 20.7. The van der Waals surface area contributed by atoms with Crippen molar-refractivity contribution in [3.05, 3.63) is 42.1 Å². The fourth-order valence-corrected chi connectivity index (χ4v) is 2.77. The van der Waals surface area contributed by atoms with E-state index in [2.05, 4.69) is 10.2 Å². The molecule has 2 N–H and O–H groups in total. The lowest BCUT2D eigenvalue weighted by Gasteiger charge is -2.20. The van der Waals surface area contributed by atoms with Crippen LogP contribution in [-0.4, -0.2) is 57.9 Å². The molecule has 23 heavy (non-hydrogen) atoms. The van der Waals surface area contributed by atoms with E-state index in [0.29, 0.717) is 5.69 Å². The van der Waals surface area contributed by atoms with Gasteiger partial charge in [-0.2, -0.15) is 5.10 Å². The molecule has 3 rings (SSSR count). The number of carbonyl (C=O) groups excluding carboxylic acids is 1. The lowest BCUT2D eigenvalue weighted by atomic mass is 10.1. The number of benzene rings is 1. The Bertz CT molecular complexity index is 713. The second-order valence-corrected chi connectivity index (χ2v) is 5.44. The van der Waals surface area contributed by atoms with Gasteiger partial charge in [0.15, 0.2) is 0 Å². The number of likely N-dealkylation sites (tertiary alicyclic amines) is 1. The quantitative estimate of drug-likeness (QED) is 0.889. The first-order chi connectivity index (χ1) is 11.1. The van der Waals surface area contributed by atoms with Crippen molar-refractivity contribution in [2.45, 2.75) is 18.6 Å². The summed E-state index contributed by atoms with van der Waals surface area (Å²) in [6.45, 7) is 0.256. The summed E-state index contributed by atoms with van der Waals surface area (Å²) in [7, 11) is 1.52. The predicted molar refractivity (Wildman–Crippen MR) is 81.9 cm³/mol. The molecule has 7 heteroatoms. The fourth-order valence-electron chi connectivity index (χ4n) is 2.77. The zero-order chi connectivity index (χ0) is 16.4. The molecular weight excluding hydrogens is 298 g/mol. The summed E-state index contributed by atoms with van der Waals surface area (Å²) in [5.74, 6) is -1.41. The first-order valence-electron chi connectivity index (χ1n) is 7.27. The average Bonchev–Trinajstić information content (AvgIpc) is 3.22. The summed E-state index contributed by atoms with van der Waals surface area (Å²) in [6.07, 6.45) is 0.0219. The van der Waals surface area contributed by atoms with Crippen LogP contribution in [-0.2, 0) is 9.53 Å². The van der Waals surface area contributed by atoms with Gasteiger partial charge in [0.2, 0.25) is 0 Å². The van der Waals surface area contributed by atoms with Crippen LogP contribution < -0.4 is 0 Å². The minimum Gasteiger partial charge on any atom is -0.480 e. The third-order valence-corrected chi connectivity index (χ3v) is 4.02. The van der Waals surface area contributed by atoms with E-state index in [-0.39, 0.29) is 30.7 Å². The first-order valence-corrected chi connectivity index (χ1v) is 7.27. The van der Waals surface area contributed by atoms with Crippen molar-refractivity contribution < 1.29 is 19.4 Å². The van der Waals surface area contributed by atoms with Gasteiger partial charge in [0, 0.05) is 25.6 Å². The molecule has 1 aromatic heterocycles. The number of nitrogens with one attached hydrogen (secondary N) is 1. The topological polar surface area (TPSA) is 95.5 Å². The third kappa shape index (κ3) is 2.95. The number of carboxylic acids is 1. The Morgan fingerprint density at radius 3 is 2.74 bits per heavy atom. The van der Waals surface area contributed by atoms with Crippen LogP contribution >= 0.6 is 0 Å². The monoisotopic (exact) mass is 315 g/mol. The highest BCUT2D eigenvalue weighted by Crippen LogP contribution is 2.24. The number of rotatable bonds is 4. The van der Waals surface area contributed by atoms with E-state index in [1.165, 1.54) is 12.0 Å². The highest BCUT2D eigenvalue weighted by Gasteiger charge is 2.40. The van der Waals surface area contributed by atoms with Gasteiger partial charge in [-0.1, -0.05) is 30.3 Å². The fraction of sp³-hybridized carbons (Fsp3) is 0.312. The Kier molecular flexibility index (Phi) is 4.12. The standard InChI is InChI=1S/C16H17N3O4/c1-23-11-7-14(16(21)22)19(9-11)15(20)13-8-12(17-18-13)10-5-3-2-4-6-10/h2-6,8,11,14H,7,9H2,1H3,(H,17,18)(H,21,22). The molecule has 1 aliphatic rings. The number of methoxy groups -OCH3 is 1. The maximum Gasteiger partial charge on any atom is 0.326 e. The molecule has 1 saturated heterocycles. The molecule has 1 aromatic carbocycles. The van der Waals surface area contributed by atoms with Gasteiger partial charge in [0.25, 0.3) is 5.91 Å².